The lowest BCUT2D eigenvalue weighted by atomic mass is 10.0. The molecule has 0 aromatic carbocycles. The molecule has 1 aliphatic heterocycles. The van der Waals surface area contributed by atoms with Gasteiger partial charge in [0.15, 0.2) is 0 Å². The Bertz CT molecular complexity index is 678. The van der Waals surface area contributed by atoms with Gasteiger partial charge in [0.2, 0.25) is 15.9 Å². The summed E-state index contributed by atoms with van der Waals surface area (Å²) in [7, 11) is -2.77. The number of ether oxygens (including phenoxy) is 1. The molecule has 2 heterocycles. The number of thiophene rings is 1. The number of rotatable bonds is 3. The van der Waals surface area contributed by atoms with Crippen LogP contribution in [0.25, 0.3) is 0 Å². The zero-order valence-electron chi connectivity index (χ0n) is 11.9. The van der Waals surface area contributed by atoms with Gasteiger partial charge in [-0.1, -0.05) is 0 Å². The van der Waals surface area contributed by atoms with Crippen LogP contribution in [-0.2, 0) is 19.6 Å². The molecule has 1 amide bonds. The summed E-state index contributed by atoms with van der Waals surface area (Å²) in [6.07, 6.45) is 0. The van der Waals surface area contributed by atoms with Gasteiger partial charge in [-0.25, -0.2) is 13.2 Å². The van der Waals surface area contributed by atoms with Gasteiger partial charge in [-0.2, -0.15) is 4.31 Å². The van der Waals surface area contributed by atoms with Gasteiger partial charge < -0.3 is 10.1 Å². The monoisotopic (exact) mass is 332 g/mol. The molecule has 1 aromatic heterocycles. The third-order valence-corrected chi connectivity index (χ3v) is 6.49. The molecule has 21 heavy (non-hydrogen) atoms. The number of sulfonamides is 1. The molecule has 0 aliphatic carbocycles. The second-order valence-electron chi connectivity index (χ2n) is 5.00. The minimum absolute atomic E-state index is 0.0132. The van der Waals surface area contributed by atoms with E-state index in [4.69, 9.17) is 0 Å². The Morgan fingerprint density at radius 3 is 2.76 bits per heavy atom. The SMILES string of the molecule is COC(=O)c1sccc1S(=O)(=O)N1CCNC(=O)C1(C)C. The van der Waals surface area contributed by atoms with Crippen LogP contribution in [0.1, 0.15) is 23.5 Å². The van der Waals surface area contributed by atoms with Crippen LogP contribution < -0.4 is 5.32 Å². The quantitative estimate of drug-likeness (QED) is 0.811. The molecule has 0 unspecified atom stereocenters. The van der Waals surface area contributed by atoms with Crippen molar-refractivity contribution in [2.24, 2.45) is 0 Å². The van der Waals surface area contributed by atoms with Crippen molar-refractivity contribution in [1.82, 2.24) is 9.62 Å². The number of nitrogens with one attached hydrogen (secondary N) is 1. The summed E-state index contributed by atoms with van der Waals surface area (Å²) < 4.78 is 31.3. The highest BCUT2D eigenvalue weighted by Gasteiger charge is 2.46. The van der Waals surface area contributed by atoms with Crippen molar-refractivity contribution < 1.29 is 22.7 Å². The average Bonchev–Trinajstić information content (AvgIpc) is 2.90. The topological polar surface area (TPSA) is 92.8 Å². The normalized spacial score (nSPS) is 19.1. The van der Waals surface area contributed by atoms with Crippen molar-refractivity contribution in [2.75, 3.05) is 20.2 Å². The van der Waals surface area contributed by atoms with Crippen molar-refractivity contribution in [3.05, 3.63) is 16.3 Å². The van der Waals surface area contributed by atoms with E-state index in [2.05, 4.69) is 10.1 Å². The largest absolute Gasteiger partial charge is 0.465 e. The van der Waals surface area contributed by atoms with E-state index in [1.165, 1.54) is 32.4 Å². The Hall–Kier alpha value is -1.45. The van der Waals surface area contributed by atoms with Crippen LogP contribution in [0, 0.1) is 0 Å². The highest BCUT2D eigenvalue weighted by Crippen LogP contribution is 2.31. The predicted molar refractivity (Wildman–Crippen MR) is 76.6 cm³/mol. The van der Waals surface area contributed by atoms with E-state index in [1.807, 2.05) is 0 Å². The Labute approximate surface area is 126 Å². The van der Waals surface area contributed by atoms with E-state index in [-0.39, 0.29) is 28.8 Å². The number of nitrogens with zero attached hydrogens (tertiary/aromatic N) is 1. The lowest BCUT2D eigenvalue weighted by Gasteiger charge is -2.39. The molecule has 0 radical (unpaired) electrons. The summed E-state index contributed by atoms with van der Waals surface area (Å²) in [4.78, 5) is 23.5. The zero-order valence-corrected chi connectivity index (χ0v) is 13.5. The summed E-state index contributed by atoms with van der Waals surface area (Å²) >= 11 is 0.993. The minimum atomic E-state index is -3.96. The van der Waals surface area contributed by atoms with Gasteiger partial charge in [-0.3, -0.25) is 4.79 Å². The maximum Gasteiger partial charge on any atom is 0.349 e. The van der Waals surface area contributed by atoms with Crippen LogP contribution in [0.15, 0.2) is 16.3 Å². The molecule has 2 rings (SSSR count). The number of carbonyl (C=O) groups excluding carboxylic acids is 2. The number of methoxy groups -OCH3 is 1. The maximum atomic E-state index is 12.8. The van der Waals surface area contributed by atoms with Gasteiger partial charge in [0.1, 0.15) is 15.3 Å². The van der Waals surface area contributed by atoms with Crippen molar-refractivity contribution in [3.63, 3.8) is 0 Å². The molecule has 1 saturated heterocycles. The van der Waals surface area contributed by atoms with Gasteiger partial charge in [-0.15, -0.1) is 11.3 Å². The maximum absolute atomic E-state index is 12.8. The highest BCUT2D eigenvalue weighted by atomic mass is 32.2. The van der Waals surface area contributed by atoms with Gasteiger partial charge in [0, 0.05) is 13.1 Å². The third kappa shape index (κ3) is 2.56. The number of esters is 1. The number of hydrogen-bond acceptors (Lipinski definition) is 6. The molecular formula is C12H16N2O5S2. The van der Waals surface area contributed by atoms with Crippen LogP contribution in [-0.4, -0.2) is 50.3 Å². The summed E-state index contributed by atoms with van der Waals surface area (Å²) in [6, 6.07) is 1.36. The minimum Gasteiger partial charge on any atom is -0.465 e. The van der Waals surface area contributed by atoms with Crippen LogP contribution in [0.2, 0.25) is 0 Å². The number of amides is 1. The first kappa shape index (κ1) is 15.9. The molecule has 1 aliphatic rings. The molecule has 0 spiro atoms. The van der Waals surface area contributed by atoms with E-state index in [0.29, 0.717) is 0 Å². The molecule has 7 nitrogen and oxygen atoms in total. The smallest absolute Gasteiger partial charge is 0.349 e. The first-order chi connectivity index (χ1) is 9.72. The Balaban J connectivity index is 2.50. The predicted octanol–water partition coefficient (Wildman–Crippen LogP) is 0.434. The van der Waals surface area contributed by atoms with Crippen molar-refractivity contribution in [3.8, 4) is 0 Å². The fourth-order valence-corrected chi connectivity index (χ4v) is 5.22. The van der Waals surface area contributed by atoms with E-state index in [0.717, 1.165) is 15.6 Å². The standard InChI is InChI=1S/C12H16N2O5S2/c1-12(2)11(16)13-5-6-14(12)21(17,18)8-4-7-20-9(8)10(15)19-3/h4,7H,5-6H2,1-3H3,(H,13,16). The fraction of sp³-hybridized carbons (Fsp3) is 0.500. The van der Waals surface area contributed by atoms with E-state index >= 15 is 0 Å². The molecule has 116 valence electrons. The number of piperazine rings is 1. The second kappa shape index (κ2) is 5.39. The molecule has 0 bridgehead atoms. The zero-order chi connectivity index (χ0) is 15.8. The Kier molecular flexibility index (Phi) is 4.09. The van der Waals surface area contributed by atoms with Crippen molar-refractivity contribution in [2.45, 2.75) is 24.3 Å². The summed E-state index contributed by atoms with van der Waals surface area (Å²) in [5, 5.41) is 4.14. The first-order valence-corrected chi connectivity index (χ1v) is 8.52. The first-order valence-electron chi connectivity index (χ1n) is 6.20. The molecule has 9 heteroatoms. The van der Waals surface area contributed by atoms with Gasteiger partial charge in [0.25, 0.3) is 0 Å². The molecular weight excluding hydrogens is 316 g/mol. The molecule has 1 fully saturated rings. The van der Waals surface area contributed by atoms with Crippen LogP contribution in [0.3, 0.4) is 0 Å². The molecule has 0 atom stereocenters. The Morgan fingerprint density at radius 1 is 1.48 bits per heavy atom. The van der Waals surface area contributed by atoms with Crippen molar-refractivity contribution >= 4 is 33.2 Å². The van der Waals surface area contributed by atoms with Crippen LogP contribution in [0.4, 0.5) is 0 Å². The van der Waals surface area contributed by atoms with E-state index in [1.54, 1.807) is 0 Å². The number of hydrogen-bond donors (Lipinski definition) is 1. The summed E-state index contributed by atoms with van der Waals surface area (Å²) in [5.41, 5.74) is -1.22. The van der Waals surface area contributed by atoms with E-state index in [9.17, 15) is 18.0 Å². The number of carbonyl (C=O) groups is 2. The summed E-state index contributed by atoms with van der Waals surface area (Å²) in [6.45, 7) is 3.45. The highest BCUT2D eigenvalue weighted by molar-refractivity contribution is 7.89. The van der Waals surface area contributed by atoms with Crippen LogP contribution in [0.5, 0.6) is 0 Å². The molecule has 1 aromatic rings. The fourth-order valence-electron chi connectivity index (χ4n) is 2.16. The van der Waals surface area contributed by atoms with Gasteiger partial charge in [0.05, 0.1) is 7.11 Å². The average molecular weight is 332 g/mol. The Morgan fingerprint density at radius 2 is 2.14 bits per heavy atom. The molecule has 1 N–H and O–H groups in total. The lowest BCUT2D eigenvalue weighted by molar-refractivity contribution is -0.131. The third-order valence-electron chi connectivity index (χ3n) is 3.35. The second-order valence-corrected chi connectivity index (χ2v) is 7.74. The summed E-state index contributed by atoms with van der Waals surface area (Å²) in [5.74, 6) is -1.07. The van der Waals surface area contributed by atoms with Gasteiger partial charge in [-0.05, 0) is 25.3 Å². The lowest BCUT2D eigenvalue weighted by Crippen LogP contribution is -2.63. The van der Waals surface area contributed by atoms with Crippen molar-refractivity contribution in [1.29, 1.82) is 0 Å². The van der Waals surface area contributed by atoms with Crippen LogP contribution >= 0.6 is 11.3 Å². The van der Waals surface area contributed by atoms with Gasteiger partial charge >= 0.3 is 5.97 Å². The van der Waals surface area contributed by atoms with E-state index < -0.39 is 21.5 Å². The molecule has 0 saturated carbocycles.